The van der Waals surface area contributed by atoms with E-state index in [9.17, 15) is 5.11 Å². The molecule has 4 heteroatoms. The smallest absolute Gasteiger partial charge is 0.172 e. The van der Waals surface area contributed by atoms with Crippen LogP contribution in [0.2, 0.25) is 0 Å². The SMILES string of the molecule is [C-]#[N+]C(C)=C1CC[C@H]2[C@@H]3CC=C4CC5(CC[C@]4(C)[C@@]3(O)CC[C@]12C)OCCO5. The van der Waals surface area contributed by atoms with Crippen molar-refractivity contribution < 1.29 is 14.6 Å². The quantitative estimate of drug-likeness (QED) is 0.473. The fraction of sp³-hybridized carbons (Fsp3) is 0.792. The van der Waals surface area contributed by atoms with Gasteiger partial charge in [0.1, 0.15) is 0 Å². The normalized spacial score (nSPS) is 48.3. The standard InChI is InChI=1S/C24H33NO3/c1-16(25-4)18-7-8-19-20-6-5-17-15-23(27-13-14-28-23)11-10-22(17,3)24(20,26)12-9-21(18,19)2/h5,19-20,26H,6-15H2,1-3H3/t19-,20-,21+,22-,24+/m0/s1. The van der Waals surface area contributed by atoms with E-state index in [1.807, 2.05) is 6.92 Å². The van der Waals surface area contributed by atoms with Gasteiger partial charge in [0.05, 0.1) is 25.4 Å². The molecule has 28 heavy (non-hydrogen) atoms. The van der Waals surface area contributed by atoms with Crippen molar-refractivity contribution in [3.05, 3.63) is 34.3 Å². The molecule has 4 fully saturated rings. The number of fused-ring (bicyclic) bond motifs is 5. The second kappa shape index (κ2) is 5.94. The van der Waals surface area contributed by atoms with Gasteiger partial charge in [-0.2, -0.15) is 0 Å². The van der Waals surface area contributed by atoms with E-state index in [2.05, 4.69) is 24.8 Å². The average molecular weight is 384 g/mol. The van der Waals surface area contributed by atoms with Crippen LogP contribution in [0.1, 0.15) is 72.1 Å². The Labute approximate surface area is 168 Å². The summed E-state index contributed by atoms with van der Waals surface area (Å²) in [5, 5.41) is 12.2. The molecule has 4 aliphatic carbocycles. The third-order valence-electron chi connectivity index (χ3n) is 9.50. The van der Waals surface area contributed by atoms with Crippen LogP contribution in [0.15, 0.2) is 22.9 Å². The van der Waals surface area contributed by atoms with Gasteiger partial charge in [-0.3, -0.25) is 0 Å². The van der Waals surface area contributed by atoms with Crippen molar-refractivity contribution in [1.29, 1.82) is 0 Å². The number of hydrogen-bond donors (Lipinski definition) is 1. The topological polar surface area (TPSA) is 43.0 Å². The second-order valence-corrected chi connectivity index (χ2v) is 10.4. The molecule has 0 bridgehead atoms. The molecule has 5 atom stereocenters. The molecule has 3 saturated carbocycles. The number of ether oxygens (including phenoxy) is 2. The lowest BCUT2D eigenvalue weighted by molar-refractivity contribution is -0.218. The van der Waals surface area contributed by atoms with Gasteiger partial charge in [0.25, 0.3) is 0 Å². The summed E-state index contributed by atoms with van der Waals surface area (Å²) in [6.07, 6.45) is 9.95. The highest BCUT2D eigenvalue weighted by molar-refractivity contribution is 5.36. The lowest BCUT2D eigenvalue weighted by Crippen LogP contribution is -2.63. The third kappa shape index (κ3) is 2.22. The minimum Gasteiger partial charge on any atom is -0.389 e. The van der Waals surface area contributed by atoms with Crippen LogP contribution in [0.25, 0.3) is 4.85 Å². The molecule has 1 spiro atoms. The van der Waals surface area contributed by atoms with Crippen molar-refractivity contribution >= 4 is 0 Å². The highest BCUT2D eigenvalue weighted by atomic mass is 16.7. The molecule has 5 aliphatic rings. The monoisotopic (exact) mass is 383 g/mol. The van der Waals surface area contributed by atoms with Gasteiger partial charge >= 0.3 is 0 Å². The van der Waals surface area contributed by atoms with E-state index in [4.69, 9.17) is 16.0 Å². The van der Waals surface area contributed by atoms with E-state index in [1.165, 1.54) is 11.1 Å². The van der Waals surface area contributed by atoms with E-state index < -0.39 is 11.4 Å². The van der Waals surface area contributed by atoms with E-state index in [-0.39, 0.29) is 16.7 Å². The Morgan fingerprint density at radius 3 is 2.61 bits per heavy atom. The summed E-state index contributed by atoms with van der Waals surface area (Å²) < 4.78 is 12.0. The fourth-order valence-electron chi connectivity index (χ4n) is 7.76. The third-order valence-corrected chi connectivity index (χ3v) is 9.50. The first-order valence-corrected chi connectivity index (χ1v) is 11.1. The maximum Gasteiger partial charge on any atom is 0.172 e. The molecule has 0 amide bonds. The van der Waals surface area contributed by atoms with Gasteiger partial charge in [-0.15, -0.1) is 0 Å². The summed E-state index contributed by atoms with van der Waals surface area (Å²) in [4.78, 5) is 3.78. The van der Waals surface area contributed by atoms with E-state index in [0.717, 1.165) is 57.1 Å². The Balaban J connectivity index is 1.52. The summed E-state index contributed by atoms with van der Waals surface area (Å²) in [6.45, 7) is 15.5. The summed E-state index contributed by atoms with van der Waals surface area (Å²) in [6, 6.07) is 0. The number of hydrogen-bond acceptors (Lipinski definition) is 3. The molecule has 1 aliphatic heterocycles. The summed E-state index contributed by atoms with van der Waals surface area (Å²) in [5.41, 5.74) is 2.87. The van der Waals surface area contributed by atoms with Crippen LogP contribution >= 0.6 is 0 Å². The maximum absolute atomic E-state index is 12.2. The predicted octanol–water partition coefficient (Wildman–Crippen LogP) is 5.00. The van der Waals surface area contributed by atoms with E-state index >= 15 is 0 Å². The van der Waals surface area contributed by atoms with E-state index in [0.29, 0.717) is 19.1 Å². The molecule has 0 aromatic carbocycles. The van der Waals surface area contributed by atoms with Gasteiger partial charge in [-0.05, 0) is 62.7 Å². The predicted molar refractivity (Wildman–Crippen MR) is 107 cm³/mol. The Kier molecular flexibility index (Phi) is 4.00. The Bertz CT molecular complexity index is 801. The lowest BCUT2D eigenvalue weighted by atomic mass is 9.45. The van der Waals surface area contributed by atoms with Crippen LogP contribution in [-0.2, 0) is 9.47 Å². The molecule has 0 aromatic rings. The average Bonchev–Trinajstić information content (AvgIpc) is 3.27. The largest absolute Gasteiger partial charge is 0.389 e. The van der Waals surface area contributed by atoms with Crippen molar-refractivity contribution in [3.8, 4) is 0 Å². The number of aliphatic hydroxyl groups is 1. The van der Waals surface area contributed by atoms with Crippen LogP contribution in [-0.4, -0.2) is 29.7 Å². The van der Waals surface area contributed by atoms with Crippen LogP contribution in [0.5, 0.6) is 0 Å². The maximum atomic E-state index is 12.2. The molecule has 0 aromatic heterocycles. The Morgan fingerprint density at radius 1 is 1.14 bits per heavy atom. The van der Waals surface area contributed by atoms with E-state index in [1.54, 1.807) is 0 Å². The van der Waals surface area contributed by atoms with Crippen LogP contribution < -0.4 is 0 Å². The van der Waals surface area contributed by atoms with Gasteiger partial charge in [-0.25, -0.2) is 4.85 Å². The molecular weight excluding hydrogens is 350 g/mol. The van der Waals surface area contributed by atoms with Crippen LogP contribution in [0.3, 0.4) is 0 Å². The Hall–Kier alpha value is -1.15. The highest BCUT2D eigenvalue weighted by Crippen LogP contribution is 2.68. The number of nitrogens with zero attached hydrogens (tertiary/aromatic N) is 1. The van der Waals surface area contributed by atoms with Crippen molar-refractivity contribution in [1.82, 2.24) is 0 Å². The van der Waals surface area contributed by atoms with Crippen molar-refractivity contribution in [3.63, 3.8) is 0 Å². The van der Waals surface area contributed by atoms with Crippen molar-refractivity contribution in [2.24, 2.45) is 22.7 Å². The molecule has 0 radical (unpaired) electrons. The number of allylic oxidation sites excluding steroid dienone is 3. The van der Waals surface area contributed by atoms with Crippen molar-refractivity contribution in [2.45, 2.75) is 83.5 Å². The second-order valence-electron chi connectivity index (χ2n) is 10.4. The molecular formula is C24H33NO3. The van der Waals surface area contributed by atoms with Gasteiger partial charge in [0.2, 0.25) is 0 Å². The Morgan fingerprint density at radius 2 is 1.89 bits per heavy atom. The molecule has 5 rings (SSSR count). The molecule has 152 valence electrons. The van der Waals surface area contributed by atoms with Crippen LogP contribution in [0, 0.1) is 29.2 Å². The summed E-state index contributed by atoms with van der Waals surface area (Å²) in [5.74, 6) is 0.325. The molecule has 1 heterocycles. The molecule has 4 nitrogen and oxygen atoms in total. The first kappa shape index (κ1) is 18.9. The molecule has 1 N–H and O–H groups in total. The fourth-order valence-corrected chi connectivity index (χ4v) is 7.76. The summed E-state index contributed by atoms with van der Waals surface area (Å²) >= 11 is 0. The minimum absolute atomic E-state index is 0.0841. The zero-order valence-corrected chi connectivity index (χ0v) is 17.5. The minimum atomic E-state index is -0.650. The van der Waals surface area contributed by atoms with Gasteiger partial charge < -0.3 is 14.6 Å². The zero-order chi connectivity index (χ0) is 19.8. The van der Waals surface area contributed by atoms with Gasteiger partial charge in [0, 0.05) is 18.3 Å². The zero-order valence-electron chi connectivity index (χ0n) is 17.5. The first-order chi connectivity index (χ1) is 13.3. The van der Waals surface area contributed by atoms with Crippen molar-refractivity contribution in [2.75, 3.05) is 13.2 Å². The first-order valence-electron chi connectivity index (χ1n) is 11.1. The summed E-state index contributed by atoms with van der Waals surface area (Å²) in [7, 11) is 0. The number of rotatable bonds is 0. The van der Waals surface area contributed by atoms with Gasteiger partial charge in [0.15, 0.2) is 11.5 Å². The van der Waals surface area contributed by atoms with Gasteiger partial charge in [-0.1, -0.05) is 31.1 Å². The highest BCUT2D eigenvalue weighted by Gasteiger charge is 2.66. The molecule has 1 saturated heterocycles. The lowest BCUT2D eigenvalue weighted by Gasteiger charge is -2.63. The van der Waals surface area contributed by atoms with Crippen LogP contribution in [0.4, 0.5) is 0 Å². The molecule has 0 unspecified atom stereocenters.